The van der Waals surface area contributed by atoms with Crippen LogP contribution in [0.2, 0.25) is 0 Å². The zero-order valence-electron chi connectivity index (χ0n) is 49.2. The fraction of sp³-hybridized carbons (Fsp3) is 0.0476. The van der Waals surface area contributed by atoms with Gasteiger partial charge in [0.2, 0.25) is 6.71 Å². The van der Waals surface area contributed by atoms with E-state index in [0.717, 1.165) is 27.9 Å². The molecule has 0 bridgehead atoms. The number of hydrogen-bond acceptors (Lipinski definition) is 2. The lowest BCUT2D eigenvalue weighted by Gasteiger charge is -2.43. The number of anilines is 3. The average Bonchev–Trinajstić information content (AvgIpc) is 0.918. The molecule has 0 spiro atoms. The van der Waals surface area contributed by atoms with Crippen molar-refractivity contribution in [2.24, 2.45) is 0 Å². The van der Waals surface area contributed by atoms with Crippen LogP contribution in [0.3, 0.4) is 0 Å². The second-order valence-corrected chi connectivity index (χ2v) is 25.8. The van der Waals surface area contributed by atoms with Crippen LogP contribution in [0.5, 0.6) is 0 Å². The molecule has 0 aliphatic carbocycles. The van der Waals surface area contributed by atoms with Crippen LogP contribution < -0.4 is 21.3 Å². The van der Waals surface area contributed by atoms with E-state index in [-0.39, 0.29) is 12.1 Å². The Hall–Kier alpha value is -10.4. The Morgan fingerprint density at radius 3 is 1.35 bits per heavy atom. The first kappa shape index (κ1) is 52.0. The molecule has 2 aliphatic heterocycles. The van der Waals surface area contributed by atoms with Crippen LogP contribution in [-0.4, -0.2) is 11.3 Å². The molecule has 3 heterocycles. The van der Waals surface area contributed by atoms with Gasteiger partial charge in [-0.05, 0) is 160 Å². The monoisotopic (exact) mass is 1140 g/mol. The summed E-state index contributed by atoms with van der Waals surface area (Å²) in [6.45, 7) is 7.05. The highest BCUT2D eigenvalue weighted by atomic mass is 32.2. The predicted octanol–water partition coefficient (Wildman–Crippen LogP) is 21.2. The normalized spacial score (nSPS) is 12.6. The molecule has 0 unspecified atom stereocenters. The number of benzene rings is 14. The molecule has 0 atom stereocenters. The van der Waals surface area contributed by atoms with Gasteiger partial charge in [-0.15, -0.1) is 0 Å². The Morgan fingerprint density at radius 1 is 0.318 bits per heavy atom. The number of nitrogens with zero attached hydrogens (tertiary/aromatic N) is 2. The van der Waals surface area contributed by atoms with Gasteiger partial charge in [-0.1, -0.05) is 281 Å². The second-order valence-electron chi connectivity index (χ2n) is 24.7. The van der Waals surface area contributed by atoms with Crippen molar-refractivity contribution in [1.82, 2.24) is 4.57 Å². The number of aromatic nitrogens is 1. The van der Waals surface area contributed by atoms with Crippen LogP contribution in [0, 0.1) is 0 Å². The van der Waals surface area contributed by atoms with E-state index in [1.807, 2.05) is 11.8 Å². The maximum Gasteiger partial charge on any atom is 0.249 e. The van der Waals surface area contributed by atoms with Gasteiger partial charge in [0, 0.05) is 48.8 Å². The van der Waals surface area contributed by atoms with Crippen molar-refractivity contribution in [2.75, 3.05) is 4.90 Å². The van der Waals surface area contributed by atoms with Gasteiger partial charge in [0.05, 0.1) is 16.7 Å². The number of hydrogen-bond donors (Lipinski definition) is 0. The van der Waals surface area contributed by atoms with E-state index in [4.69, 9.17) is 0 Å². The molecule has 2 nitrogen and oxygen atoms in total. The molecule has 414 valence electrons. The number of para-hydroxylation sites is 2. The van der Waals surface area contributed by atoms with Gasteiger partial charge in [0.15, 0.2) is 0 Å². The minimum absolute atomic E-state index is 0.0622. The van der Waals surface area contributed by atoms with E-state index < -0.39 is 0 Å². The van der Waals surface area contributed by atoms with Gasteiger partial charge in [0.25, 0.3) is 0 Å². The smallest absolute Gasteiger partial charge is 0.249 e. The molecule has 0 fully saturated rings. The summed E-state index contributed by atoms with van der Waals surface area (Å²) in [4.78, 5) is 5.27. The van der Waals surface area contributed by atoms with E-state index in [2.05, 4.69) is 334 Å². The molecule has 14 aromatic carbocycles. The Morgan fingerprint density at radius 2 is 0.784 bits per heavy atom. The fourth-order valence-electron chi connectivity index (χ4n) is 14.5. The summed E-state index contributed by atoms with van der Waals surface area (Å²) in [5.74, 6) is 0. The Bertz CT molecular complexity index is 5150. The van der Waals surface area contributed by atoms with E-state index >= 15 is 0 Å². The van der Waals surface area contributed by atoms with Crippen LogP contribution in [-0.2, 0) is 5.41 Å². The molecule has 15 aromatic rings. The quantitative estimate of drug-likeness (QED) is 0.111. The molecule has 0 saturated heterocycles. The van der Waals surface area contributed by atoms with Gasteiger partial charge < -0.3 is 9.47 Å². The fourth-order valence-corrected chi connectivity index (χ4v) is 15.7. The molecule has 1 aromatic heterocycles. The summed E-state index contributed by atoms with van der Waals surface area (Å²) in [6.07, 6.45) is 0. The SMILES string of the molecule is CC(C)(C)c1cc2c3c(c1)N(c1c(-c4ccccc4)cc(-c4ccccc4)cc1-c1ccccc1)c1cc(-c4ccc5c(-c6ccccc6)c6ccccc6c(-c6ccccc6)c5c4)ccc1B3c1ccc(-n3c4ccccc4c4ccccc43)cc1S2. The molecule has 0 saturated carbocycles. The molecule has 88 heavy (non-hydrogen) atoms. The standard InChI is InChI=1S/C84H59BN2S/c1-84(2,3)62-51-77-82-79(52-62)88-78-53-63(86-74-39-23-21-35-64(74)65-36-22-24-40-75(65)86)43-46-73(78)85(82)72-45-42-60(59-41-44-68-71(47-59)81(58-33-17-8-18-34-58)67-38-20-19-37-66(67)80(68)57-31-15-7-16-32-57)50-76(72)87(77)83-69(55-27-11-5-12-28-55)48-61(54-25-9-4-10-26-54)49-70(83)56-29-13-6-14-30-56/h4-53H,1-3H3. The van der Waals surface area contributed by atoms with E-state index in [1.165, 1.54) is 137 Å². The van der Waals surface area contributed by atoms with Crippen molar-refractivity contribution in [1.29, 1.82) is 0 Å². The van der Waals surface area contributed by atoms with Gasteiger partial charge in [-0.2, -0.15) is 0 Å². The third-order valence-electron chi connectivity index (χ3n) is 18.6. The summed E-state index contributed by atoms with van der Waals surface area (Å²) in [6, 6.07) is 114. The van der Waals surface area contributed by atoms with Crippen molar-refractivity contribution >= 4 is 95.3 Å². The van der Waals surface area contributed by atoms with Crippen LogP contribution in [0.25, 0.3) is 116 Å². The van der Waals surface area contributed by atoms with Crippen molar-refractivity contribution in [2.45, 2.75) is 36.0 Å². The minimum Gasteiger partial charge on any atom is -0.310 e. The van der Waals surface area contributed by atoms with Crippen LogP contribution in [0.1, 0.15) is 26.3 Å². The Balaban J connectivity index is 0.970. The van der Waals surface area contributed by atoms with Gasteiger partial charge in [-0.25, -0.2) is 0 Å². The van der Waals surface area contributed by atoms with Crippen molar-refractivity contribution in [3.63, 3.8) is 0 Å². The summed E-state index contributed by atoms with van der Waals surface area (Å²) in [7, 11) is 0. The molecular formula is C84H59BN2S. The van der Waals surface area contributed by atoms with Gasteiger partial charge in [-0.3, -0.25) is 0 Å². The molecule has 17 rings (SSSR count). The van der Waals surface area contributed by atoms with Crippen molar-refractivity contribution < 1.29 is 0 Å². The highest BCUT2D eigenvalue weighted by Gasteiger charge is 2.43. The lowest BCUT2D eigenvalue weighted by Crippen LogP contribution is -2.60. The third-order valence-corrected chi connectivity index (χ3v) is 19.7. The minimum atomic E-state index is -0.174. The van der Waals surface area contributed by atoms with Crippen LogP contribution in [0.4, 0.5) is 17.1 Å². The zero-order chi connectivity index (χ0) is 58.6. The van der Waals surface area contributed by atoms with E-state index in [1.54, 1.807) is 0 Å². The first-order chi connectivity index (χ1) is 43.3. The lowest BCUT2D eigenvalue weighted by molar-refractivity contribution is 0.589. The maximum atomic E-state index is 2.69. The van der Waals surface area contributed by atoms with E-state index in [0.29, 0.717) is 0 Å². The molecule has 0 N–H and O–H groups in total. The predicted molar refractivity (Wildman–Crippen MR) is 377 cm³/mol. The Kier molecular flexibility index (Phi) is 12.2. The first-order valence-electron chi connectivity index (χ1n) is 30.7. The second kappa shape index (κ2) is 20.7. The van der Waals surface area contributed by atoms with Crippen molar-refractivity contribution in [3.05, 3.63) is 309 Å². The molecule has 4 heteroatoms. The number of fused-ring (bicyclic) bond motifs is 9. The molecule has 0 radical (unpaired) electrons. The maximum absolute atomic E-state index is 2.69. The zero-order valence-corrected chi connectivity index (χ0v) is 50.1. The van der Waals surface area contributed by atoms with E-state index in [9.17, 15) is 0 Å². The van der Waals surface area contributed by atoms with Gasteiger partial charge >= 0.3 is 0 Å². The van der Waals surface area contributed by atoms with Gasteiger partial charge in [0.1, 0.15) is 0 Å². The summed E-state index contributed by atoms with van der Waals surface area (Å²) >= 11 is 1.94. The molecule has 0 amide bonds. The topological polar surface area (TPSA) is 8.17 Å². The van der Waals surface area contributed by atoms with Crippen LogP contribution in [0.15, 0.2) is 313 Å². The summed E-state index contributed by atoms with van der Waals surface area (Å²) in [5, 5.41) is 7.48. The third kappa shape index (κ3) is 8.42. The highest BCUT2D eigenvalue weighted by molar-refractivity contribution is 8.00. The molecular weight excluding hydrogens is 1080 g/mol. The highest BCUT2D eigenvalue weighted by Crippen LogP contribution is 2.53. The summed E-state index contributed by atoms with van der Waals surface area (Å²) < 4.78 is 2.47. The number of rotatable bonds is 8. The largest absolute Gasteiger partial charge is 0.310 e. The summed E-state index contributed by atoms with van der Waals surface area (Å²) in [5.41, 5.74) is 26.5. The van der Waals surface area contributed by atoms with Crippen LogP contribution >= 0.6 is 11.8 Å². The molecule has 2 aliphatic rings. The average molecular weight is 1140 g/mol. The van der Waals surface area contributed by atoms with Crippen molar-refractivity contribution in [3.8, 4) is 72.4 Å². The first-order valence-corrected chi connectivity index (χ1v) is 31.5. The lowest BCUT2D eigenvalue weighted by atomic mass is 9.34. The Labute approximate surface area is 518 Å².